The topological polar surface area (TPSA) is 49.1 Å². The van der Waals surface area contributed by atoms with Gasteiger partial charge in [0.2, 0.25) is 5.75 Å². The number of rotatable bonds is 1. The van der Waals surface area contributed by atoms with Gasteiger partial charge in [0.1, 0.15) is 6.20 Å². The molecular formula is C6H5F3N2O2. The van der Waals surface area contributed by atoms with Gasteiger partial charge in [0, 0.05) is 0 Å². The average molecular weight is 194 g/mol. The standard InChI is InChI=1S/C6H5F3N2O2/c1-13-4-2-10-5(6(7,8)9)11(12)3-4/h2-3H,1H3. The summed E-state index contributed by atoms with van der Waals surface area (Å²) in [5.41, 5.74) is 0. The molecule has 0 aliphatic rings. The first-order valence-electron chi connectivity index (χ1n) is 3.15. The highest BCUT2D eigenvalue weighted by molar-refractivity contribution is 5.08. The zero-order chi connectivity index (χ0) is 10.1. The van der Waals surface area contributed by atoms with Gasteiger partial charge in [-0.3, -0.25) is 0 Å². The molecule has 0 aliphatic carbocycles. The van der Waals surface area contributed by atoms with Crippen molar-refractivity contribution in [2.45, 2.75) is 6.18 Å². The normalized spacial score (nSPS) is 11.4. The average Bonchev–Trinajstić information content (AvgIpc) is 2.01. The minimum Gasteiger partial charge on any atom is -0.710 e. The quantitative estimate of drug-likeness (QED) is 0.489. The van der Waals surface area contributed by atoms with E-state index in [2.05, 4.69) is 9.72 Å². The van der Waals surface area contributed by atoms with E-state index in [9.17, 15) is 18.4 Å². The molecule has 0 saturated heterocycles. The molecule has 0 N–H and O–H groups in total. The van der Waals surface area contributed by atoms with Gasteiger partial charge in [-0.25, -0.2) is 4.73 Å². The van der Waals surface area contributed by atoms with E-state index in [1.54, 1.807) is 0 Å². The van der Waals surface area contributed by atoms with Crippen LogP contribution in [-0.4, -0.2) is 12.1 Å². The molecule has 0 amide bonds. The predicted molar refractivity (Wildman–Crippen MR) is 34.8 cm³/mol. The summed E-state index contributed by atoms with van der Waals surface area (Å²) in [6.07, 6.45) is -3.25. The van der Waals surface area contributed by atoms with Gasteiger partial charge in [-0.05, 0) is 4.98 Å². The van der Waals surface area contributed by atoms with Gasteiger partial charge in [-0.1, -0.05) is 0 Å². The zero-order valence-corrected chi connectivity index (χ0v) is 6.50. The maximum Gasteiger partial charge on any atom is 0.499 e. The number of alkyl halides is 3. The summed E-state index contributed by atoms with van der Waals surface area (Å²) in [6, 6.07) is 0. The van der Waals surface area contributed by atoms with E-state index in [0.29, 0.717) is 6.20 Å². The third-order valence-electron chi connectivity index (χ3n) is 1.26. The molecule has 7 heteroatoms. The summed E-state index contributed by atoms with van der Waals surface area (Å²) in [5, 5.41) is 10.7. The van der Waals surface area contributed by atoms with E-state index >= 15 is 0 Å². The first-order chi connectivity index (χ1) is 5.95. The van der Waals surface area contributed by atoms with Crippen LogP contribution in [-0.2, 0) is 6.18 Å². The van der Waals surface area contributed by atoms with Crippen molar-refractivity contribution in [2.75, 3.05) is 7.11 Å². The lowest BCUT2D eigenvalue weighted by molar-refractivity contribution is -0.633. The second-order valence-corrected chi connectivity index (χ2v) is 2.14. The third-order valence-corrected chi connectivity index (χ3v) is 1.26. The molecule has 1 heterocycles. The maximum atomic E-state index is 12.0. The SMILES string of the molecule is COc1cnc(C(F)(F)F)[n+]([O-])c1. The number of hydrogen-bond acceptors (Lipinski definition) is 3. The van der Waals surface area contributed by atoms with Crippen LogP contribution < -0.4 is 9.47 Å². The van der Waals surface area contributed by atoms with Gasteiger partial charge >= 0.3 is 12.0 Å². The fourth-order valence-electron chi connectivity index (χ4n) is 0.695. The predicted octanol–water partition coefficient (Wildman–Crippen LogP) is 0.742. The molecule has 1 aromatic heterocycles. The highest BCUT2D eigenvalue weighted by Gasteiger charge is 2.42. The summed E-state index contributed by atoms with van der Waals surface area (Å²) >= 11 is 0. The Kier molecular flexibility index (Phi) is 2.26. The molecule has 0 unspecified atom stereocenters. The van der Waals surface area contributed by atoms with Crippen LogP contribution in [0.5, 0.6) is 5.75 Å². The largest absolute Gasteiger partial charge is 0.710 e. The van der Waals surface area contributed by atoms with E-state index in [-0.39, 0.29) is 10.5 Å². The first kappa shape index (κ1) is 9.56. The van der Waals surface area contributed by atoms with Crippen molar-refractivity contribution in [1.29, 1.82) is 0 Å². The van der Waals surface area contributed by atoms with Gasteiger partial charge in [0.25, 0.3) is 0 Å². The summed E-state index contributed by atoms with van der Waals surface area (Å²) in [5.74, 6) is -1.53. The third kappa shape index (κ3) is 1.98. The molecule has 1 rings (SSSR count). The van der Waals surface area contributed by atoms with Crippen LogP contribution in [0.1, 0.15) is 5.82 Å². The Labute approximate surface area is 71.2 Å². The van der Waals surface area contributed by atoms with Crippen molar-refractivity contribution in [3.63, 3.8) is 0 Å². The zero-order valence-electron chi connectivity index (χ0n) is 6.50. The molecule has 0 aliphatic heterocycles. The van der Waals surface area contributed by atoms with Gasteiger partial charge < -0.3 is 9.94 Å². The number of methoxy groups -OCH3 is 1. The Morgan fingerprint density at radius 3 is 2.54 bits per heavy atom. The van der Waals surface area contributed by atoms with Crippen LogP contribution in [0.15, 0.2) is 12.4 Å². The number of hydrogen-bond donors (Lipinski definition) is 0. The molecule has 0 spiro atoms. The van der Waals surface area contributed by atoms with Crippen LogP contribution in [0.25, 0.3) is 0 Å². The Balaban J connectivity index is 3.13. The van der Waals surface area contributed by atoms with Gasteiger partial charge in [-0.15, -0.1) is 0 Å². The summed E-state index contributed by atoms with van der Waals surface area (Å²) in [4.78, 5) is 2.92. The van der Waals surface area contributed by atoms with Gasteiger partial charge in [0.05, 0.1) is 7.11 Å². The molecule has 0 aromatic carbocycles. The molecule has 0 fully saturated rings. The van der Waals surface area contributed by atoms with E-state index in [4.69, 9.17) is 0 Å². The second kappa shape index (κ2) is 3.08. The maximum absolute atomic E-state index is 12.0. The molecule has 0 saturated carbocycles. The van der Waals surface area contributed by atoms with Crippen LogP contribution in [0.4, 0.5) is 13.2 Å². The van der Waals surface area contributed by atoms with E-state index in [0.717, 1.165) is 6.20 Å². The Morgan fingerprint density at radius 2 is 2.15 bits per heavy atom. The molecule has 72 valence electrons. The Hall–Kier alpha value is -1.53. The highest BCUT2D eigenvalue weighted by Crippen LogP contribution is 2.24. The molecule has 13 heavy (non-hydrogen) atoms. The fraction of sp³-hybridized carbons (Fsp3) is 0.333. The molecule has 1 aromatic rings. The molecule has 0 bridgehead atoms. The molecule has 0 radical (unpaired) electrons. The van der Waals surface area contributed by atoms with Crippen LogP contribution >= 0.6 is 0 Å². The monoisotopic (exact) mass is 194 g/mol. The number of aromatic nitrogens is 2. The van der Waals surface area contributed by atoms with Crippen molar-refractivity contribution in [1.82, 2.24) is 4.98 Å². The lowest BCUT2D eigenvalue weighted by Gasteiger charge is -2.08. The number of nitrogens with zero attached hydrogens (tertiary/aromatic N) is 2. The molecule has 0 atom stereocenters. The minimum atomic E-state index is -4.74. The summed E-state index contributed by atoms with van der Waals surface area (Å²) < 4.78 is 40.0. The Bertz CT molecular complexity index is 313. The number of halogens is 3. The van der Waals surface area contributed by atoms with Crippen molar-refractivity contribution < 1.29 is 22.6 Å². The van der Waals surface area contributed by atoms with Crippen molar-refractivity contribution >= 4 is 0 Å². The minimum absolute atomic E-state index is 0.0250. The lowest BCUT2D eigenvalue weighted by atomic mass is 10.5. The fourth-order valence-corrected chi connectivity index (χ4v) is 0.695. The van der Waals surface area contributed by atoms with E-state index < -0.39 is 12.0 Å². The van der Waals surface area contributed by atoms with Crippen LogP contribution in [0.2, 0.25) is 0 Å². The van der Waals surface area contributed by atoms with Crippen molar-refractivity contribution in [3.8, 4) is 5.75 Å². The Morgan fingerprint density at radius 1 is 1.54 bits per heavy atom. The number of ether oxygens (including phenoxy) is 1. The van der Waals surface area contributed by atoms with Gasteiger partial charge in [-0.2, -0.15) is 13.2 Å². The van der Waals surface area contributed by atoms with Crippen LogP contribution in [0, 0.1) is 5.21 Å². The van der Waals surface area contributed by atoms with E-state index in [1.165, 1.54) is 7.11 Å². The van der Waals surface area contributed by atoms with Crippen LogP contribution in [0.3, 0.4) is 0 Å². The summed E-state index contributed by atoms with van der Waals surface area (Å²) in [7, 11) is 1.23. The van der Waals surface area contributed by atoms with E-state index in [1.807, 2.05) is 0 Å². The van der Waals surface area contributed by atoms with Crippen molar-refractivity contribution in [2.24, 2.45) is 0 Å². The lowest BCUT2D eigenvalue weighted by Crippen LogP contribution is -2.37. The smallest absolute Gasteiger partial charge is 0.499 e. The second-order valence-electron chi connectivity index (χ2n) is 2.14. The molecule has 4 nitrogen and oxygen atoms in total. The molecular weight excluding hydrogens is 189 g/mol. The van der Waals surface area contributed by atoms with Crippen molar-refractivity contribution in [3.05, 3.63) is 23.4 Å². The highest BCUT2D eigenvalue weighted by atomic mass is 19.4. The first-order valence-corrected chi connectivity index (χ1v) is 3.15. The van der Waals surface area contributed by atoms with Gasteiger partial charge in [0.15, 0.2) is 6.20 Å². The summed E-state index contributed by atoms with van der Waals surface area (Å²) in [6.45, 7) is 0.